The van der Waals surface area contributed by atoms with Crippen LogP contribution in [0.4, 0.5) is 0 Å². The summed E-state index contributed by atoms with van der Waals surface area (Å²) in [6.45, 7) is 19.3. The average Bonchev–Trinajstić information content (AvgIpc) is 2.43. The second-order valence-corrected chi connectivity index (χ2v) is 7.20. The summed E-state index contributed by atoms with van der Waals surface area (Å²) in [7, 11) is 0. The molecule has 0 bridgehead atoms. The zero-order valence-electron chi connectivity index (χ0n) is 15.4. The summed E-state index contributed by atoms with van der Waals surface area (Å²) in [5, 5.41) is 5.74. The van der Waals surface area contributed by atoms with Crippen molar-refractivity contribution in [1.29, 1.82) is 0 Å². The first kappa shape index (κ1) is 21.4. The molecule has 2 N–H and O–H groups in total. The lowest BCUT2D eigenvalue weighted by molar-refractivity contribution is -0.119. The van der Waals surface area contributed by atoms with Crippen molar-refractivity contribution in [1.82, 2.24) is 10.6 Å². The lowest BCUT2D eigenvalue weighted by Gasteiger charge is -2.36. The van der Waals surface area contributed by atoms with Gasteiger partial charge in [0.1, 0.15) is 0 Å². The lowest BCUT2D eigenvalue weighted by Crippen LogP contribution is -2.50. The van der Waals surface area contributed by atoms with Crippen LogP contribution in [0.1, 0.15) is 48.0 Å². The van der Waals surface area contributed by atoms with E-state index < -0.39 is 5.54 Å². The molecule has 0 aliphatic carbocycles. The number of carbonyl (C=O) groups is 2. The summed E-state index contributed by atoms with van der Waals surface area (Å²) in [6.07, 6.45) is 3.21. The Kier molecular flexibility index (Phi) is 8.24. The van der Waals surface area contributed by atoms with Crippen LogP contribution in [0, 0.1) is 5.92 Å². The fourth-order valence-corrected chi connectivity index (χ4v) is 2.20. The highest BCUT2D eigenvalue weighted by atomic mass is 16.5. The second-order valence-electron chi connectivity index (χ2n) is 7.20. The van der Waals surface area contributed by atoms with Crippen LogP contribution in [0.2, 0.25) is 0 Å². The molecule has 2 unspecified atom stereocenters. The maximum atomic E-state index is 11.5. The van der Waals surface area contributed by atoms with Gasteiger partial charge in [0.05, 0.1) is 12.2 Å². The van der Waals surface area contributed by atoms with Gasteiger partial charge in [-0.25, -0.2) is 0 Å². The third kappa shape index (κ3) is 8.55. The van der Waals surface area contributed by atoms with Crippen molar-refractivity contribution in [2.24, 2.45) is 5.92 Å². The Balaban J connectivity index is 4.50. The number of amides is 2. The minimum Gasteiger partial charge on any atom is -0.375 e. The molecule has 0 aliphatic heterocycles. The molecule has 5 nitrogen and oxygen atoms in total. The molecule has 0 fully saturated rings. The van der Waals surface area contributed by atoms with Crippen LogP contribution >= 0.6 is 0 Å². The van der Waals surface area contributed by atoms with Gasteiger partial charge in [0, 0.05) is 17.5 Å². The molecule has 0 aromatic carbocycles. The maximum absolute atomic E-state index is 11.5. The third-order valence-corrected chi connectivity index (χ3v) is 3.96. The second kappa shape index (κ2) is 8.87. The normalized spacial score (nSPS) is 14.5. The predicted molar refractivity (Wildman–Crippen MR) is 94.0 cm³/mol. The Bertz CT molecular complexity index is 442. The van der Waals surface area contributed by atoms with E-state index in [1.165, 1.54) is 12.2 Å². The average molecular weight is 324 g/mol. The van der Waals surface area contributed by atoms with E-state index in [2.05, 4.69) is 23.8 Å². The Morgan fingerprint density at radius 3 is 2.09 bits per heavy atom. The molecule has 2 amide bonds. The molecule has 0 rings (SSSR count). The molecule has 0 aromatic rings. The van der Waals surface area contributed by atoms with E-state index in [0.717, 1.165) is 0 Å². The Labute approximate surface area is 140 Å². The molecular formula is C18H32N2O3. The van der Waals surface area contributed by atoms with Crippen LogP contribution in [0.25, 0.3) is 0 Å². The first-order chi connectivity index (χ1) is 10.4. The van der Waals surface area contributed by atoms with Gasteiger partial charge in [-0.2, -0.15) is 0 Å². The smallest absolute Gasteiger partial charge is 0.243 e. The zero-order valence-corrected chi connectivity index (χ0v) is 15.4. The molecule has 0 radical (unpaired) electrons. The van der Waals surface area contributed by atoms with Gasteiger partial charge < -0.3 is 15.4 Å². The van der Waals surface area contributed by atoms with Gasteiger partial charge in [0.25, 0.3) is 0 Å². The van der Waals surface area contributed by atoms with E-state index >= 15 is 0 Å². The fraction of sp³-hybridized carbons (Fsp3) is 0.667. The predicted octanol–water partition coefficient (Wildman–Crippen LogP) is 2.58. The number of hydrogen-bond acceptors (Lipinski definition) is 3. The summed E-state index contributed by atoms with van der Waals surface area (Å²) in [4.78, 5) is 22.8. The quantitative estimate of drug-likeness (QED) is 0.607. The van der Waals surface area contributed by atoms with E-state index in [1.807, 2.05) is 41.5 Å². The maximum Gasteiger partial charge on any atom is 0.243 e. The van der Waals surface area contributed by atoms with Gasteiger partial charge in [0.15, 0.2) is 0 Å². The molecule has 23 heavy (non-hydrogen) atoms. The summed E-state index contributed by atoms with van der Waals surface area (Å²) in [5.41, 5.74) is -0.787. The van der Waals surface area contributed by atoms with Crippen LogP contribution in [0.3, 0.4) is 0 Å². The van der Waals surface area contributed by atoms with Crippen LogP contribution in [0.5, 0.6) is 0 Å². The highest BCUT2D eigenvalue weighted by Gasteiger charge is 2.30. The van der Waals surface area contributed by atoms with Crippen molar-refractivity contribution in [3.05, 3.63) is 25.3 Å². The Hall–Kier alpha value is -1.62. The number of ether oxygens (including phenoxy) is 1. The topological polar surface area (TPSA) is 67.4 Å². The fourth-order valence-electron chi connectivity index (χ4n) is 2.20. The Morgan fingerprint density at radius 1 is 1.09 bits per heavy atom. The first-order valence-electron chi connectivity index (χ1n) is 7.95. The van der Waals surface area contributed by atoms with E-state index in [0.29, 0.717) is 13.0 Å². The van der Waals surface area contributed by atoms with Gasteiger partial charge >= 0.3 is 0 Å². The molecule has 0 aliphatic rings. The molecule has 0 spiro atoms. The molecule has 0 aromatic heterocycles. The van der Waals surface area contributed by atoms with Crippen LogP contribution in [-0.2, 0) is 14.3 Å². The molecule has 0 heterocycles. The Morgan fingerprint density at radius 2 is 1.61 bits per heavy atom. The van der Waals surface area contributed by atoms with Gasteiger partial charge in [-0.1, -0.05) is 20.1 Å². The summed E-state index contributed by atoms with van der Waals surface area (Å²) in [5.74, 6) is -0.263. The highest BCUT2D eigenvalue weighted by molar-refractivity contribution is 5.87. The number of carbonyl (C=O) groups excluding carboxylic acids is 2. The monoisotopic (exact) mass is 324 g/mol. The molecule has 132 valence electrons. The lowest BCUT2D eigenvalue weighted by atomic mass is 9.89. The van der Waals surface area contributed by atoms with Crippen molar-refractivity contribution in [2.75, 3.05) is 6.61 Å². The van der Waals surface area contributed by atoms with Crippen molar-refractivity contribution >= 4 is 11.8 Å². The van der Waals surface area contributed by atoms with E-state index in [9.17, 15) is 9.59 Å². The summed E-state index contributed by atoms with van der Waals surface area (Å²) < 4.78 is 6.02. The highest BCUT2D eigenvalue weighted by Crippen LogP contribution is 2.22. The van der Waals surface area contributed by atoms with E-state index in [4.69, 9.17) is 4.74 Å². The molecule has 5 heteroatoms. The molecule has 2 atom stereocenters. The standard InChI is InChI=1S/C18H32N2O3/c1-9-15(21)19-14(4)11-17(5,6)23-12-13(3)18(7,8)20-16(22)10-2/h9-10,13-14H,1-2,11-12H2,3-8H3,(H,19,21)(H,20,22). The minimum atomic E-state index is -0.399. The van der Waals surface area contributed by atoms with Crippen molar-refractivity contribution in [3.63, 3.8) is 0 Å². The number of nitrogens with one attached hydrogen (secondary N) is 2. The zero-order chi connectivity index (χ0) is 18.3. The molecular weight excluding hydrogens is 292 g/mol. The van der Waals surface area contributed by atoms with Gasteiger partial charge in [-0.3, -0.25) is 9.59 Å². The number of hydrogen-bond donors (Lipinski definition) is 2. The summed E-state index contributed by atoms with van der Waals surface area (Å²) >= 11 is 0. The molecule has 0 saturated heterocycles. The van der Waals surface area contributed by atoms with Gasteiger partial charge in [-0.15, -0.1) is 0 Å². The molecule has 0 saturated carbocycles. The van der Waals surface area contributed by atoms with Gasteiger partial charge in [-0.05, 0) is 53.2 Å². The largest absolute Gasteiger partial charge is 0.375 e. The van der Waals surface area contributed by atoms with Crippen LogP contribution < -0.4 is 10.6 Å². The SMILES string of the molecule is C=CC(=O)NC(C)CC(C)(C)OCC(C)C(C)(C)NC(=O)C=C. The number of rotatable bonds is 10. The van der Waals surface area contributed by atoms with Crippen LogP contribution in [0.15, 0.2) is 25.3 Å². The first-order valence-corrected chi connectivity index (χ1v) is 7.95. The minimum absolute atomic E-state index is 0.0146. The third-order valence-electron chi connectivity index (χ3n) is 3.96. The summed E-state index contributed by atoms with van der Waals surface area (Å²) in [6, 6.07) is -0.0146. The van der Waals surface area contributed by atoms with E-state index in [-0.39, 0.29) is 29.4 Å². The van der Waals surface area contributed by atoms with Crippen LogP contribution in [-0.4, -0.2) is 35.6 Å². The van der Waals surface area contributed by atoms with E-state index in [1.54, 1.807) is 0 Å². The van der Waals surface area contributed by atoms with Crippen molar-refractivity contribution in [3.8, 4) is 0 Å². The van der Waals surface area contributed by atoms with Crippen molar-refractivity contribution in [2.45, 2.75) is 65.1 Å². The van der Waals surface area contributed by atoms with Crippen molar-refractivity contribution < 1.29 is 14.3 Å². The van der Waals surface area contributed by atoms with Gasteiger partial charge in [0.2, 0.25) is 11.8 Å².